The maximum absolute atomic E-state index is 12.9. The molecular weight excluding hydrogens is 428 g/mol. The predicted molar refractivity (Wildman–Crippen MR) is 128 cm³/mol. The standard InChI is InChI=1S/C26H30N6O2/c1-24(2,3)21-8-9-22(30-29-21)32-16-26(34-23(32)33)11-5-10-25(4,14-26)15-31-17-28-19-7-6-18(13-27)12-20(19)31/h6-9,12,17H,5,10-11,14-16H2,1-4H3/t25-,26-/m0/s1. The van der Waals surface area contributed by atoms with Crippen LogP contribution >= 0.6 is 0 Å². The van der Waals surface area contributed by atoms with Gasteiger partial charge in [0, 0.05) is 12.0 Å². The normalized spacial score (nSPS) is 25.0. The molecule has 2 atom stereocenters. The van der Waals surface area contributed by atoms with Crippen LogP contribution in [-0.2, 0) is 16.7 Å². The molecule has 176 valence electrons. The van der Waals surface area contributed by atoms with E-state index in [4.69, 9.17) is 4.74 Å². The summed E-state index contributed by atoms with van der Waals surface area (Å²) in [7, 11) is 0. The number of imidazole rings is 1. The van der Waals surface area contributed by atoms with Crippen molar-refractivity contribution in [2.24, 2.45) is 5.41 Å². The molecule has 1 aromatic carbocycles. The number of anilines is 1. The molecular formula is C26H30N6O2. The molecule has 0 radical (unpaired) electrons. The van der Waals surface area contributed by atoms with Crippen molar-refractivity contribution < 1.29 is 9.53 Å². The summed E-state index contributed by atoms with van der Waals surface area (Å²) < 4.78 is 8.17. The topological polar surface area (TPSA) is 96.9 Å². The van der Waals surface area contributed by atoms with E-state index in [1.54, 1.807) is 11.0 Å². The first-order valence-corrected chi connectivity index (χ1v) is 11.8. The summed E-state index contributed by atoms with van der Waals surface area (Å²) in [6, 6.07) is 11.6. The molecule has 2 aliphatic rings. The van der Waals surface area contributed by atoms with Crippen LogP contribution in [0.15, 0.2) is 36.7 Å². The monoisotopic (exact) mass is 458 g/mol. The fourth-order valence-corrected chi connectivity index (χ4v) is 5.48. The molecule has 1 saturated heterocycles. The van der Waals surface area contributed by atoms with E-state index in [1.165, 1.54) is 0 Å². The molecule has 0 unspecified atom stereocenters. The van der Waals surface area contributed by atoms with Gasteiger partial charge in [-0.25, -0.2) is 9.78 Å². The van der Waals surface area contributed by atoms with Crippen LogP contribution in [0.25, 0.3) is 11.0 Å². The van der Waals surface area contributed by atoms with E-state index in [-0.39, 0.29) is 16.9 Å². The molecule has 8 heteroatoms. The minimum Gasteiger partial charge on any atom is -0.441 e. The molecule has 1 spiro atoms. The van der Waals surface area contributed by atoms with Crippen molar-refractivity contribution in [1.29, 1.82) is 5.26 Å². The highest BCUT2D eigenvalue weighted by molar-refractivity contribution is 5.89. The maximum Gasteiger partial charge on any atom is 0.416 e. The predicted octanol–water partition coefficient (Wildman–Crippen LogP) is 4.97. The lowest BCUT2D eigenvalue weighted by molar-refractivity contribution is -0.0264. The van der Waals surface area contributed by atoms with Crippen LogP contribution in [0.5, 0.6) is 0 Å². The second-order valence-corrected chi connectivity index (χ2v) is 11.2. The third-order valence-corrected chi connectivity index (χ3v) is 7.13. The fraction of sp³-hybridized carbons (Fsp3) is 0.500. The second kappa shape index (κ2) is 7.79. The van der Waals surface area contributed by atoms with Crippen LogP contribution in [0.4, 0.5) is 10.6 Å². The first kappa shape index (κ1) is 22.3. The summed E-state index contributed by atoms with van der Waals surface area (Å²) in [5.74, 6) is 0.534. The average molecular weight is 459 g/mol. The van der Waals surface area contributed by atoms with E-state index in [1.807, 2.05) is 30.6 Å². The molecule has 5 rings (SSSR count). The summed E-state index contributed by atoms with van der Waals surface area (Å²) in [6.45, 7) is 9.74. The first-order chi connectivity index (χ1) is 16.1. The van der Waals surface area contributed by atoms with E-state index in [9.17, 15) is 10.1 Å². The third-order valence-electron chi connectivity index (χ3n) is 7.13. The van der Waals surface area contributed by atoms with E-state index < -0.39 is 5.60 Å². The van der Waals surface area contributed by atoms with Crippen LogP contribution in [0.2, 0.25) is 0 Å². The Labute approximate surface area is 199 Å². The molecule has 34 heavy (non-hydrogen) atoms. The minimum atomic E-state index is -0.539. The molecule has 0 bridgehead atoms. The van der Waals surface area contributed by atoms with E-state index >= 15 is 0 Å². The number of hydrogen-bond acceptors (Lipinski definition) is 6. The van der Waals surface area contributed by atoms with Gasteiger partial charge in [-0.3, -0.25) is 4.90 Å². The Kier molecular flexibility index (Phi) is 5.12. The van der Waals surface area contributed by atoms with Gasteiger partial charge in [-0.1, -0.05) is 27.7 Å². The smallest absolute Gasteiger partial charge is 0.416 e. The molecule has 1 aliphatic carbocycles. The largest absolute Gasteiger partial charge is 0.441 e. The molecule has 0 N–H and O–H groups in total. The van der Waals surface area contributed by atoms with E-state index in [2.05, 4.69) is 53.5 Å². The van der Waals surface area contributed by atoms with Crippen molar-refractivity contribution >= 4 is 22.9 Å². The van der Waals surface area contributed by atoms with Crippen LogP contribution in [0.1, 0.15) is 64.6 Å². The maximum atomic E-state index is 12.9. The number of benzene rings is 1. The number of carbonyl (C=O) groups excluding carboxylic acids is 1. The number of rotatable bonds is 3. The first-order valence-electron chi connectivity index (χ1n) is 11.8. The Morgan fingerprint density at radius 1 is 1.18 bits per heavy atom. The molecule has 1 aliphatic heterocycles. The van der Waals surface area contributed by atoms with Gasteiger partial charge in [0.2, 0.25) is 0 Å². The molecule has 8 nitrogen and oxygen atoms in total. The number of amides is 1. The van der Waals surface area contributed by atoms with Crippen LogP contribution in [0, 0.1) is 16.7 Å². The summed E-state index contributed by atoms with van der Waals surface area (Å²) in [6.07, 6.45) is 5.09. The Morgan fingerprint density at radius 2 is 2.00 bits per heavy atom. The summed E-state index contributed by atoms with van der Waals surface area (Å²) in [4.78, 5) is 19.0. The number of ether oxygens (including phenoxy) is 1. The van der Waals surface area contributed by atoms with Crippen LogP contribution in [0.3, 0.4) is 0 Å². The summed E-state index contributed by atoms with van der Waals surface area (Å²) in [5, 5.41) is 18.0. The minimum absolute atomic E-state index is 0.0768. The zero-order chi connectivity index (χ0) is 24.1. The van der Waals surface area contributed by atoms with Gasteiger partial charge in [-0.05, 0) is 61.4 Å². The van der Waals surface area contributed by atoms with Crippen molar-refractivity contribution in [3.8, 4) is 6.07 Å². The summed E-state index contributed by atoms with van der Waals surface area (Å²) in [5.41, 5.74) is 2.63. The van der Waals surface area contributed by atoms with Gasteiger partial charge in [-0.15, -0.1) is 5.10 Å². The van der Waals surface area contributed by atoms with Gasteiger partial charge in [0.1, 0.15) is 5.60 Å². The number of fused-ring (bicyclic) bond motifs is 1. The fourth-order valence-electron chi connectivity index (χ4n) is 5.48. The Balaban J connectivity index is 1.36. The van der Waals surface area contributed by atoms with Crippen molar-refractivity contribution in [2.75, 3.05) is 11.4 Å². The molecule has 2 fully saturated rings. The van der Waals surface area contributed by atoms with Crippen molar-refractivity contribution in [3.63, 3.8) is 0 Å². The molecule has 1 saturated carbocycles. The SMILES string of the molecule is CC(C)(C)c1ccc(N2C[C@@]3(CCC[C@](C)(Cn4cnc5ccc(C#N)cc54)C3)OC2=O)nn1. The van der Waals surface area contributed by atoms with Gasteiger partial charge in [0.05, 0.1) is 41.2 Å². The molecule has 3 aromatic rings. The van der Waals surface area contributed by atoms with E-state index in [0.29, 0.717) is 17.9 Å². The lowest BCUT2D eigenvalue weighted by Crippen LogP contribution is -2.45. The van der Waals surface area contributed by atoms with Crippen LogP contribution in [-0.4, -0.2) is 38.0 Å². The lowest BCUT2D eigenvalue weighted by atomic mass is 9.68. The van der Waals surface area contributed by atoms with Gasteiger partial charge in [0.15, 0.2) is 5.82 Å². The molecule has 2 aromatic heterocycles. The van der Waals surface area contributed by atoms with Crippen molar-refractivity contribution in [3.05, 3.63) is 47.9 Å². The Morgan fingerprint density at radius 3 is 2.71 bits per heavy atom. The van der Waals surface area contributed by atoms with Crippen molar-refractivity contribution in [2.45, 2.75) is 70.9 Å². The van der Waals surface area contributed by atoms with Gasteiger partial charge >= 0.3 is 6.09 Å². The van der Waals surface area contributed by atoms with Gasteiger partial charge in [0.25, 0.3) is 0 Å². The number of hydrogen-bond donors (Lipinski definition) is 0. The van der Waals surface area contributed by atoms with Crippen LogP contribution < -0.4 is 4.90 Å². The summed E-state index contributed by atoms with van der Waals surface area (Å²) >= 11 is 0. The second-order valence-electron chi connectivity index (χ2n) is 11.2. The highest BCUT2D eigenvalue weighted by atomic mass is 16.6. The molecule has 3 heterocycles. The average Bonchev–Trinajstić information content (AvgIpc) is 3.32. The zero-order valence-corrected chi connectivity index (χ0v) is 20.2. The Hall–Kier alpha value is -3.47. The zero-order valence-electron chi connectivity index (χ0n) is 20.2. The number of nitrogens with zero attached hydrogens (tertiary/aromatic N) is 6. The lowest BCUT2D eigenvalue weighted by Gasteiger charge is -2.43. The Bertz CT molecular complexity index is 1290. The van der Waals surface area contributed by atoms with Gasteiger partial charge in [-0.2, -0.15) is 10.4 Å². The molecule has 1 amide bonds. The quantitative estimate of drug-likeness (QED) is 0.550. The number of aromatic nitrogens is 4. The highest BCUT2D eigenvalue weighted by Crippen LogP contribution is 2.47. The van der Waals surface area contributed by atoms with Crippen molar-refractivity contribution in [1.82, 2.24) is 19.7 Å². The van der Waals surface area contributed by atoms with Gasteiger partial charge < -0.3 is 9.30 Å². The number of nitriles is 1. The highest BCUT2D eigenvalue weighted by Gasteiger charge is 2.52. The third kappa shape index (κ3) is 4.00. The number of carbonyl (C=O) groups is 1. The van der Waals surface area contributed by atoms with E-state index in [0.717, 1.165) is 49.0 Å².